The quantitative estimate of drug-likeness (QED) is 0.298. The van der Waals surface area contributed by atoms with Crippen molar-refractivity contribution in [1.82, 2.24) is 20.1 Å². The van der Waals surface area contributed by atoms with Crippen LogP contribution in [-0.4, -0.2) is 54.6 Å². The van der Waals surface area contributed by atoms with Crippen molar-refractivity contribution in [3.63, 3.8) is 0 Å². The minimum Gasteiger partial charge on any atom is -0.369 e. The molecule has 1 aliphatic heterocycles. The van der Waals surface area contributed by atoms with E-state index in [0.717, 1.165) is 36.6 Å². The molecule has 3 heterocycles. The molecule has 2 N–H and O–H groups in total. The van der Waals surface area contributed by atoms with Crippen LogP contribution in [0.25, 0.3) is 28.1 Å². The number of anilines is 2. The Morgan fingerprint density at radius 2 is 1.82 bits per heavy atom. The Labute approximate surface area is 232 Å². The van der Waals surface area contributed by atoms with Gasteiger partial charge in [-0.15, -0.1) is 0 Å². The van der Waals surface area contributed by atoms with E-state index in [1.54, 1.807) is 42.3 Å². The van der Waals surface area contributed by atoms with Gasteiger partial charge in [-0.2, -0.15) is 5.10 Å². The van der Waals surface area contributed by atoms with Crippen molar-refractivity contribution in [2.24, 2.45) is 0 Å². The van der Waals surface area contributed by atoms with Crippen LogP contribution in [0.5, 0.6) is 0 Å². The maximum atomic E-state index is 15.9. The molecule has 1 atom stereocenters. The van der Waals surface area contributed by atoms with E-state index in [1.165, 1.54) is 12.1 Å². The fraction of sp³-hybridized carbons (Fsp3) is 0.286. The summed E-state index contributed by atoms with van der Waals surface area (Å²) >= 11 is 6.35. The maximum absolute atomic E-state index is 15.9. The van der Waals surface area contributed by atoms with E-state index in [2.05, 4.69) is 39.0 Å². The SMILES string of the molecule is CCCS(=O)(=O)Nc1cc(Cl)cc(-c2cn(-c3ccc(N4CCN[C@@H](C)C4)cc3)nc2-c2ccncc2)c1F. The highest BCUT2D eigenvalue weighted by molar-refractivity contribution is 7.92. The van der Waals surface area contributed by atoms with Gasteiger partial charge in [0.2, 0.25) is 10.0 Å². The molecule has 0 spiro atoms. The minimum atomic E-state index is -3.73. The smallest absolute Gasteiger partial charge is 0.232 e. The molecule has 1 aliphatic rings. The highest BCUT2D eigenvalue weighted by Crippen LogP contribution is 2.38. The number of hydrogen-bond donors (Lipinski definition) is 2. The predicted octanol–water partition coefficient (Wildman–Crippen LogP) is 5.34. The molecule has 2 aromatic heterocycles. The molecule has 0 aliphatic carbocycles. The number of nitrogens with one attached hydrogen (secondary N) is 2. The zero-order valence-electron chi connectivity index (χ0n) is 21.7. The lowest BCUT2D eigenvalue weighted by Crippen LogP contribution is -2.49. The first-order chi connectivity index (χ1) is 18.7. The van der Waals surface area contributed by atoms with Gasteiger partial charge in [0.05, 0.1) is 17.1 Å². The lowest BCUT2D eigenvalue weighted by Gasteiger charge is -2.33. The zero-order valence-corrected chi connectivity index (χ0v) is 23.3. The first kappa shape index (κ1) is 27.1. The van der Waals surface area contributed by atoms with Crippen molar-refractivity contribution >= 4 is 33.0 Å². The van der Waals surface area contributed by atoms with Crippen LogP contribution in [0.3, 0.4) is 0 Å². The first-order valence-corrected chi connectivity index (χ1v) is 14.9. The predicted molar refractivity (Wildman–Crippen MR) is 155 cm³/mol. The van der Waals surface area contributed by atoms with Crippen LogP contribution in [0.2, 0.25) is 5.02 Å². The maximum Gasteiger partial charge on any atom is 0.232 e. The Bertz CT molecular complexity index is 1560. The number of rotatable bonds is 8. The number of hydrogen-bond acceptors (Lipinski definition) is 6. The van der Waals surface area contributed by atoms with E-state index >= 15 is 4.39 Å². The molecule has 0 radical (unpaired) electrons. The van der Waals surface area contributed by atoms with Crippen LogP contribution in [0, 0.1) is 5.82 Å². The minimum absolute atomic E-state index is 0.128. The van der Waals surface area contributed by atoms with Gasteiger partial charge in [0, 0.05) is 71.7 Å². The number of benzene rings is 2. The molecule has 0 bridgehead atoms. The normalized spacial score (nSPS) is 15.9. The molecule has 8 nitrogen and oxygen atoms in total. The number of halogens is 2. The zero-order chi connectivity index (χ0) is 27.6. The van der Waals surface area contributed by atoms with Crippen LogP contribution in [0.15, 0.2) is 67.1 Å². The van der Waals surface area contributed by atoms with E-state index in [9.17, 15) is 8.42 Å². The van der Waals surface area contributed by atoms with Crippen molar-refractivity contribution < 1.29 is 12.8 Å². The summed E-state index contributed by atoms with van der Waals surface area (Å²) in [7, 11) is -3.73. The van der Waals surface area contributed by atoms with E-state index in [-0.39, 0.29) is 22.0 Å². The van der Waals surface area contributed by atoms with Gasteiger partial charge in [-0.1, -0.05) is 18.5 Å². The number of sulfonamides is 1. The van der Waals surface area contributed by atoms with E-state index in [4.69, 9.17) is 16.7 Å². The lowest BCUT2D eigenvalue weighted by molar-refractivity contribution is 0.485. The van der Waals surface area contributed by atoms with Gasteiger partial charge >= 0.3 is 0 Å². The van der Waals surface area contributed by atoms with E-state index < -0.39 is 15.8 Å². The molecule has 0 saturated carbocycles. The summed E-state index contributed by atoms with van der Waals surface area (Å²) in [5.41, 5.74) is 3.58. The summed E-state index contributed by atoms with van der Waals surface area (Å²) in [4.78, 5) is 6.42. The average Bonchev–Trinajstić information content (AvgIpc) is 3.36. The molecule has 4 aromatic rings. The Balaban J connectivity index is 1.57. The second-order valence-corrected chi connectivity index (χ2v) is 11.9. The lowest BCUT2D eigenvalue weighted by atomic mass is 10.0. The standard InChI is InChI=1S/C28H30ClFN6O2S/c1-3-14-39(37,38)34-26-16-21(29)15-24(27(26)30)25-18-36(33-28(25)20-8-10-31-11-9-20)23-6-4-22(5-7-23)35-13-12-32-19(2)17-35/h4-11,15-16,18-19,32,34H,3,12-14,17H2,1-2H3/t19-/m0/s1. The molecule has 5 rings (SSSR count). The third-order valence-corrected chi connectivity index (χ3v) is 8.28. The van der Waals surface area contributed by atoms with Crippen LogP contribution in [0.4, 0.5) is 15.8 Å². The molecule has 1 saturated heterocycles. The van der Waals surface area contributed by atoms with Crippen molar-refractivity contribution in [3.8, 4) is 28.1 Å². The monoisotopic (exact) mass is 568 g/mol. The fourth-order valence-corrected chi connectivity index (χ4v) is 6.10. The van der Waals surface area contributed by atoms with Gasteiger partial charge in [0.25, 0.3) is 0 Å². The van der Waals surface area contributed by atoms with E-state index in [0.29, 0.717) is 23.7 Å². The highest BCUT2D eigenvalue weighted by Gasteiger charge is 2.22. The summed E-state index contributed by atoms with van der Waals surface area (Å²) in [5.74, 6) is -0.853. The number of pyridine rings is 1. The molecule has 2 aromatic carbocycles. The molecule has 0 unspecified atom stereocenters. The van der Waals surface area contributed by atoms with Crippen LogP contribution in [-0.2, 0) is 10.0 Å². The summed E-state index contributed by atoms with van der Waals surface area (Å²) in [6, 6.07) is 14.8. The van der Waals surface area contributed by atoms with Gasteiger partial charge in [-0.25, -0.2) is 17.5 Å². The van der Waals surface area contributed by atoms with Crippen LogP contribution < -0.4 is 14.9 Å². The molecular formula is C28H30ClFN6O2S. The third-order valence-electron chi connectivity index (χ3n) is 6.58. The Morgan fingerprint density at radius 3 is 2.51 bits per heavy atom. The van der Waals surface area contributed by atoms with Gasteiger partial charge in [-0.3, -0.25) is 9.71 Å². The van der Waals surface area contributed by atoms with Gasteiger partial charge in [-0.05, 0) is 61.9 Å². The topological polar surface area (TPSA) is 92.2 Å². The summed E-state index contributed by atoms with van der Waals surface area (Å²) in [6.45, 7) is 6.70. The average molecular weight is 569 g/mol. The fourth-order valence-electron chi connectivity index (χ4n) is 4.76. The van der Waals surface area contributed by atoms with Crippen LogP contribution in [0.1, 0.15) is 20.3 Å². The summed E-state index contributed by atoms with van der Waals surface area (Å²) in [6.07, 6.45) is 5.41. The Morgan fingerprint density at radius 1 is 1.10 bits per heavy atom. The molecule has 39 heavy (non-hydrogen) atoms. The number of piperazine rings is 1. The molecule has 11 heteroatoms. The Hall–Kier alpha value is -3.47. The largest absolute Gasteiger partial charge is 0.369 e. The summed E-state index contributed by atoms with van der Waals surface area (Å²) < 4.78 is 44.7. The molecule has 0 amide bonds. The van der Waals surface area contributed by atoms with Gasteiger partial charge in [0.1, 0.15) is 5.69 Å². The van der Waals surface area contributed by atoms with Crippen molar-refractivity contribution in [1.29, 1.82) is 0 Å². The number of aromatic nitrogens is 3. The molecular weight excluding hydrogens is 539 g/mol. The van der Waals surface area contributed by atoms with Gasteiger partial charge in [0.15, 0.2) is 5.82 Å². The first-order valence-electron chi connectivity index (χ1n) is 12.8. The van der Waals surface area contributed by atoms with Crippen LogP contribution >= 0.6 is 11.6 Å². The Kier molecular flexibility index (Phi) is 7.88. The van der Waals surface area contributed by atoms with Crippen molar-refractivity contribution in [2.75, 3.05) is 35.0 Å². The highest BCUT2D eigenvalue weighted by atomic mass is 35.5. The summed E-state index contributed by atoms with van der Waals surface area (Å²) in [5, 5.41) is 8.45. The second-order valence-electron chi connectivity index (χ2n) is 9.63. The van der Waals surface area contributed by atoms with Gasteiger partial charge < -0.3 is 10.2 Å². The third kappa shape index (κ3) is 6.08. The number of nitrogens with zero attached hydrogens (tertiary/aromatic N) is 4. The van der Waals surface area contributed by atoms with E-state index in [1.807, 2.05) is 12.1 Å². The molecule has 1 fully saturated rings. The molecule has 204 valence electrons. The van der Waals surface area contributed by atoms with Crippen molar-refractivity contribution in [3.05, 3.63) is 78.0 Å². The van der Waals surface area contributed by atoms with Crippen molar-refractivity contribution in [2.45, 2.75) is 26.3 Å². The second kappa shape index (κ2) is 11.3.